The summed E-state index contributed by atoms with van der Waals surface area (Å²) < 4.78 is 7.21. The van der Waals surface area contributed by atoms with E-state index in [2.05, 4.69) is 24.7 Å². The molecule has 0 spiro atoms. The van der Waals surface area contributed by atoms with Crippen LogP contribution in [0.2, 0.25) is 25.7 Å². The SMILES string of the molecule is C[Si](C)(C)CCOCn1cc(CO)cn1.[H-].[Li+]. The van der Waals surface area contributed by atoms with Gasteiger partial charge in [0.25, 0.3) is 0 Å². The number of hydrogen-bond donors (Lipinski definition) is 1. The van der Waals surface area contributed by atoms with E-state index in [1.807, 2.05) is 0 Å². The zero-order valence-electron chi connectivity index (χ0n) is 11.7. The van der Waals surface area contributed by atoms with Gasteiger partial charge in [-0.2, -0.15) is 5.10 Å². The predicted molar refractivity (Wildman–Crippen MR) is 63.4 cm³/mol. The number of rotatable bonds is 6. The normalized spacial score (nSPS) is 11.2. The third-order valence-corrected chi connectivity index (χ3v) is 3.79. The van der Waals surface area contributed by atoms with Crippen molar-refractivity contribution >= 4 is 8.07 Å². The van der Waals surface area contributed by atoms with Gasteiger partial charge in [-0.05, 0) is 6.04 Å². The molecule has 16 heavy (non-hydrogen) atoms. The molecular formula is C10H21LiN2O2Si. The molecule has 0 fully saturated rings. The molecule has 0 aromatic carbocycles. The smallest absolute Gasteiger partial charge is 1.00 e. The Labute approximate surface area is 112 Å². The van der Waals surface area contributed by atoms with Gasteiger partial charge in [-0.1, -0.05) is 19.6 Å². The molecule has 88 valence electrons. The molecule has 1 aromatic heterocycles. The Morgan fingerprint density at radius 3 is 2.69 bits per heavy atom. The second-order valence-electron chi connectivity index (χ2n) is 4.89. The molecule has 1 N–H and O–H groups in total. The standard InChI is InChI=1S/C10H20N2O2Si.Li.H/c1-15(2,3)5-4-14-9-12-7-10(8-13)6-11-12;;/h6-7,13H,4-5,8-9H2,1-3H3;;/q;+1;-1. The third kappa shape index (κ3) is 6.51. The minimum atomic E-state index is -0.992. The van der Waals surface area contributed by atoms with Crippen LogP contribution in [0.4, 0.5) is 0 Å². The van der Waals surface area contributed by atoms with Crippen LogP contribution in [0.25, 0.3) is 0 Å². The monoisotopic (exact) mass is 236 g/mol. The maximum atomic E-state index is 8.84. The molecule has 0 aliphatic heterocycles. The predicted octanol–water partition coefficient (Wildman–Crippen LogP) is -1.20. The molecule has 6 heteroatoms. The molecule has 0 bridgehead atoms. The Balaban J connectivity index is 0. The van der Waals surface area contributed by atoms with Crippen molar-refractivity contribution in [3.05, 3.63) is 18.0 Å². The molecule has 0 atom stereocenters. The minimum Gasteiger partial charge on any atom is -1.00 e. The first-order valence-corrected chi connectivity index (χ1v) is 8.92. The van der Waals surface area contributed by atoms with Gasteiger partial charge in [-0.15, -0.1) is 0 Å². The van der Waals surface area contributed by atoms with Crippen molar-refractivity contribution in [1.29, 1.82) is 0 Å². The van der Waals surface area contributed by atoms with Gasteiger partial charge in [0.15, 0.2) is 0 Å². The number of nitrogens with zero attached hydrogens (tertiary/aromatic N) is 2. The van der Waals surface area contributed by atoms with Crippen LogP contribution < -0.4 is 18.9 Å². The summed E-state index contributed by atoms with van der Waals surface area (Å²) in [7, 11) is -0.992. The quantitative estimate of drug-likeness (QED) is 0.499. The average molecular weight is 236 g/mol. The average Bonchev–Trinajstić information content (AvgIpc) is 2.59. The molecule has 0 saturated carbocycles. The summed E-state index contributed by atoms with van der Waals surface area (Å²) >= 11 is 0. The van der Waals surface area contributed by atoms with E-state index in [4.69, 9.17) is 9.84 Å². The van der Waals surface area contributed by atoms with Crippen LogP contribution in [0.15, 0.2) is 12.4 Å². The molecule has 0 saturated heterocycles. The number of aliphatic hydroxyl groups excluding tert-OH is 1. The fourth-order valence-electron chi connectivity index (χ4n) is 1.10. The summed E-state index contributed by atoms with van der Waals surface area (Å²) in [6.07, 6.45) is 3.45. The van der Waals surface area contributed by atoms with Crippen molar-refractivity contribution in [2.24, 2.45) is 0 Å². The van der Waals surface area contributed by atoms with E-state index >= 15 is 0 Å². The Kier molecular flexibility index (Phi) is 7.28. The maximum absolute atomic E-state index is 8.84. The Hall–Kier alpha value is -0.0557. The molecule has 0 unspecified atom stereocenters. The van der Waals surface area contributed by atoms with Crippen LogP contribution in [-0.2, 0) is 18.1 Å². The van der Waals surface area contributed by atoms with Gasteiger partial charge in [-0.25, -0.2) is 4.68 Å². The first-order chi connectivity index (χ1) is 7.01. The van der Waals surface area contributed by atoms with E-state index in [1.54, 1.807) is 17.1 Å². The number of aromatic nitrogens is 2. The van der Waals surface area contributed by atoms with E-state index in [-0.39, 0.29) is 26.9 Å². The van der Waals surface area contributed by atoms with Gasteiger partial charge in [0.1, 0.15) is 6.73 Å². The van der Waals surface area contributed by atoms with Gasteiger partial charge < -0.3 is 11.3 Å². The molecule has 1 aromatic rings. The number of hydrogen-bond acceptors (Lipinski definition) is 3. The van der Waals surface area contributed by atoms with Crippen molar-refractivity contribution in [3.63, 3.8) is 0 Å². The van der Waals surface area contributed by atoms with E-state index in [0.717, 1.165) is 12.2 Å². The maximum Gasteiger partial charge on any atom is 1.00 e. The molecular weight excluding hydrogens is 215 g/mol. The van der Waals surface area contributed by atoms with Gasteiger partial charge in [0.05, 0.1) is 12.8 Å². The van der Waals surface area contributed by atoms with E-state index in [0.29, 0.717) is 6.73 Å². The van der Waals surface area contributed by atoms with E-state index in [1.165, 1.54) is 6.04 Å². The molecule has 4 nitrogen and oxygen atoms in total. The second-order valence-corrected chi connectivity index (χ2v) is 10.5. The summed E-state index contributed by atoms with van der Waals surface area (Å²) in [5, 5.41) is 12.9. The zero-order chi connectivity index (χ0) is 11.3. The molecule has 1 heterocycles. The largest absolute Gasteiger partial charge is 1.00 e. The number of aliphatic hydroxyl groups is 1. The van der Waals surface area contributed by atoms with Gasteiger partial charge in [-0.3, -0.25) is 0 Å². The van der Waals surface area contributed by atoms with Crippen LogP contribution >= 0.6 is 0 Å². The Morgan fingerprint density at radius 2 is 2.19 bits per heavy atom. The minimum absolute atomic E-state index is 0. The number of ether oxygens (including phenoxy) is 1. The summed E-state index contributed by atoms with van der Waals surface area (Å²) in [6.45, 7) is 8.29. The van der Waals surface area contributed by atoms with Gasteiger partial charge >= 0.3 is 18.9 Å². The van der Waals surface area contributed by atoms with Gasteiger partial charge in [0, 0.05) is 26.4 Å². The summed E-state index contributed by atoms with van der Waals surface area (Å²) in [5.74, 6) is 0. The van der Waals surface area contributed by atoms with Crippen molar-refractivity contribution in [2.75, 3.05) is 6.61 Å². The van der Waals surface area contributed by atoms with Crippen molar-refractivity contribution in [2.45, 2.75) is 39.0 Å². The van der Waals surface area contributed by atoms with Crippen molar-refractivity contribution < 1.29 is 30.1 Å². The Morgan fingerprint density at radius 1 is 1.50 bits per heavy atom. The first-order valence-electron chi connectivity index (χ1n) is 5.21. The van der Waals surface area contributed by atoms with Crippen LogP contribution in [0.5, 0.6) is 0 Å². The van der Waals surface area contributed by atoms with Gasteiger partial charge in [0.2, 0.25) is 0 Å². The second kappa shape index (κ2) is 7.31. The third-order valence-electron chi connectivity index (χ3n) is 2.09. The molecule has 0 aliphatic carbocycles. The van der Waals surface area contributed by atoms with E-state index < -0.39 is 8.07 Å². The van der Waals surface area contributed by atoms with Crippen molar-refractivity contribution in [1.82, 2.24) is 9.78 Å². The topological polar surface area (TPSA) is 47.3 Å². The fourth-order valence-corrected chi connectivity index (χ4v) is 1.85. The van der Waals surface area contributed by atoms with E-state index in [9.17, 15) is 0 Å². The molecule has 1 rings (SSSR count). The Bertz CT molecular complexity index is 305. The zero-order valence-corrected chi connectivity index (χ0v) is 11.7. The van der Waals surface area contributed by atoms with Crippen LogP contribution in [0.3, 0.4) is 0 Å². The van der Waals surface area contributed by atoms with Crippen LogP contribution in [0, 0.1) is 0 Å². The summed E-state index contributed by atoms with van der Waals surface area (Å²) in [4.78, 5) is 0. The molecule has 0 amide bonds. The van der Waals surface area contributed by atoms with Crippen LogP contribution in [-0.4, -0.2) is 29.6 Å². The first kappa shape index (κ1) is 15.9. The summed E-state index contributed by atoms with van der Waals surface area (Å²) in [5.41, 5.74) is 0.823. The summed E-state index contributed by atoms with van der Waals surface area (Å²) in [6, 6.07) is 1.17. The van der Waals surface area contributed by atoms with Crippen molar-refractivity contribution in [3.8, 4) is 0 Å². The fraction of sp³-hybridized carbons (Fsp3) is 0.700. The van der Waals surface area contributed by atoms with Crippen LogP contribution in [0.1, 0.15) is 6.99 Å². The molecule has 0 aliphatic rings. The molecule has 0 radical (unpaired) electrons.